The van der Waals surface area contributed by atoms with Crippen LogP contribution in [0.2, 0.25) is 0 Å². The second kappa shape index (κ2) is 5.03. The monoisotopic (exact) mass is 259 g/mol. The van der Waals surface area contributed by atoms with E-state index in [9.17, 15) is 9.59 Å². The van der Waals surface area contributed by atoms with Crippen molar-refractivity contribution in [2.24, 2.45) is 5.92 Å². The zero-order valence-corrected chi connectivity index (χ0v) is 10.7. The van der Waals surface area contributed by atoms with Crippen molar-refractivity contribution >= 4 is 11.9 Å². The van der Waals surface area contributed by atoms with Crippen LogP contribution in [-0.2, 0) is 9.53 Å². The van der Waals surface area contributed by atoms with Gasteiger partial charge in [0.15, 0.2) is 0 Å². The maximum Gasteiger partial charge on any atom is 0.338 e. The molecule has 2 aliphatic rings. The van der Waals surface area contributed by atoms with Crippen LogP contribution in [0.4, 0.5) is 0 Å². The van der Waals surface area contributed by atoms with Crippen molar-refractivity contribution in [3.05, 3.63) is 35.9 Å². The molecule has 0 radical (unpaired) electrons. The van der Waals surface area contributed by atoms with Gasteiger partial charge in [-0.25, -0.2) is 4.79 Å². The van der Waals surface area contributed by atoms with Crippen LogP contribution in [0.15, 0.2) is 30.3 Å². The summed E-state index contributed by atoms with van der Waals surface area (Å²) in [7, 11) is 0. The number of ether oxygens (including phenoxy) is 1. The van der Waals surface area contributed by atoms with Gasteiger partial charge in [0.1, 0.15) is 0 Å². The number of nitrogens with zero attached hydrogens (tertiary/aromatic N) is 1. The molecule has 4 heteroatoms. The molecule has 1 aromatic rings. The Bertz CT molecular complexity index is 485. The first-order valence-corrected chi connectivity index (χ1v) is 6.77. The highest BCUT2D eigenvalue weighted by Crippen LogP contribution is 2.38. The van der Waals surface area contributed by atoms with Gasteiger partial charge in [-0.3, -0.25) is 4.79 Å². The highest BCUT2D eigenvalue weighted by molar-refractivity contribution is 5.89. The Labute approximate surface area is 112 Å². The first-order valence-electron chi connectivity index (χ1n) is 6.77. The lowest BCUT2D eigenvalue weighted by Crippen LogP contribution is -2.29. The highest BCUT2D eigenvalue weighted by Gasteiger charge is 2.45. The molecule has 0 N–H and O–H groups in total. The van der Waals surface area contributed by atoms with Gasteiger partial charge in [-0.2, -0.15) is 0 Å². The standard InChI is InChI=1S/C15H17NO3/c17-14-7-4-8-16(14)13-9-12(13)10-19-15(18)11-5-2-1-3-6-11/h1-3,5-6,12-13H,4,7-10H2/t12-,13+/m1/s1. The quantitative estimate of drug-likeness (QED) is 0.775. The predicted molar refractivity (Wildman–Crippen MR) is 69.6 cm³/mol. The number of hydrogen-bond acceptors (Lipinski definition) is 3. The molecule has 1 heterocycles. The van der Waals surface area contributed by atoms with Gasteiger partial charge in [0.2, 0.25) is 5.91 Å². The Morgan fingerprint density at radius 3 is 2.79 bits per heavy atom. The summed E-state index contributed by atoms with van der Waals surface area (Å²) in [4.78, 5) is 25.3. The van der Waals surface area contributed by atoms with E-state index in [1.807, 2.05) is 23.1 Å². The number of amides is 1. The van der Waals surface area contributed by atoms with Crippen molar-refractivity contribution in [3.8, 4) is 0 Å². The third-order valence-corrected chi connectivity index (χ3v) is 3.83. The molecule has 1 aromatic carbocycles. The molecule has 19 heavy (non-hydrogen) atoms. The van der Waals surface area contributed by atoms with Crippen LogP contribution in [0.5, 0.6) is 0 Å². The van der Waals surface area contributed by atoms with Crippen molar-refractivity contribution < 1.29 is 14.3 Å². The van der Waals surface area contributed by atoms with Gasteiger partial charge >= 0.3 is 5.97 Å². The van der Waals surface area contributed by atoms with E-state index >= 15 is 0 Å². The SMILES string of the molecule is O=C(OC[C@H]1C[C@@H]1N1CCCC1=O)c1ccccc1. The number of esters is 1. The summed E-state index contributed by atoms with van der Waals surface area (Å²) < 4.78 is 5.30. The van der Waals surface area contributed by atoms with E-state index < -0.39 is 0 Å². The summed E-state index contributed by atoms with van der Waals surface area (Å²) >= 11 is 0. The lowest BCUT2D eigenvalue weighted by molar-refractivity contribution is -0.128. The van der Waals surface area contributed by atoms with Crippen LogP contribution >= 0.6 is 0 Å². The lowest BCUT2D eigenvalue weighted by atomic mass is 10.2. The molecule has 4 nitrogen and oxygen atoms in total. The fourth-order valence-electron chi connectivity index (χ4n) is 2.65. The molecule has 3 rings (SSSR count). The molecule has 1 amide bonds. The van der Waals surface area contributed by atoms with Crippen molar-refractivity contribution in [3.63, 3.8) is 0 Å². The molecule has 1 saturated carbocycles. The molecule has 1 aliphatic heterocycles. The fourth-order valence-corrected chi connectivity index (χ4v) is 2.65. The average Bonchev–Trinajstić information content (AvgIpc) is 3.09. The van der Waals surface area contributed by atoms with Gasteiger partial charge in [-0.1, -0.05) is 18.2 Å². The minimum absolute atomic E-state index is 0.252. The second-order valence-corrected chi connectivity index (χ2v) is 5.22. The lowest BCUT2D eigenvalue weighted by Gasteiger charge is -2.15. The van der Waals surface area contributed by atoms with Gasteiger partial charge in [0.25, 0.3) is 0 Å². The Morgan fingerprint density at radius 2 is 2.11 bits per heavy atom. The second-order valence-electron chi connectivity index (χ2n) is 5.22. The summed E-state index contributed by atoms with van der Waals surface area (Å²) in [6.07, 6.45) is 2.60. The van der Waals surface area contributed by atoms with E-state index in [0.29, 0.717) is 30.6 Å². The predicted octanol–water partition coefficient (Wildman–Crippen LogP) is 1.85. The number of carbonyl (C=O) groups is 2. The molecule has 1 aliphatic carbocycles. The summed E-state index contributed by atoms with van der Waals surface area (Å²) in [5.74, 6) is 0.301. The summed E-state index contributed by atoms with van der Waals surface area (Å²) in [5.41, 5.74) is 0.581. The zero-order chi connectivity index (χ0) is 13.2. The van der Waals surface area contributed by atoms with Crippen molar-refractivity contribution in [2.45, 2.75) is 25.3 Å². The average molecular weight is 259 g/mol. The molecule has 1 saturated heterocycles. The Balaban J connectivity index is 1.47. The third-order valence-electron chi connectivity index (χ3n) is 3.83. The van der Waals surface area contributed by atoms with Crippen LogP contribution in [0, 0.1) is 5.92 Å². The molecule has 0 bridgehead atoms. The summed E-state index contributed by atoms with van der Waals surface area (Å²) in [6.45, 7) is 1.29. The molecule has 2 fully saturated rings. The van der Waals surface area contributed by atoms with Crippen molar-refractivity contribution in [1.29, 1.82) is 0 Å². The zero-order valence-electron chi connectivity index (χ0n) is 10.7. The van der Waals surface area contributed by atoms with E-state index in [-0.39, 0.29) is 11.9 Å². The number of benzene rings is 1. The third kappa shape index (κ3) is 2.62. The maximum absolute atomic E-state index is 11.8. The first kappa shape index (κ1) is 12.2. The van der Waals surface area contributed by atoms with Crippen LogP contribution in [-0.4, -0.2) is 36.0 Å². The summed E-state index contributed by atoms with van der Waals surface area (Å²) in [6, 6.07) is 9.30. The number of carbonyl (C=O) groups excluding carboxylic acids is 2. The highest BCUT2D eigenvalue weighted by atomic mass is 16.5. The molecular weight excluding hydrogens is 242 g/mol. The summed E-state index contributed by atoms with van der Waals surface area (Å²) in [5, 5.41) is 0. The van der Waals surface area contributed by atoms with E-state index in [2.05, 4.69) is 0 Å². The minimum atomic E-state index is -0.279. The van der Waals surface area contributed by atoms with Crippen molar-refractivity contribution in [2.75, 3.05) is 13.2 Å². The smallest absolute Gasteiger partial charge is 0.338 e. The number of rotatable bonds is 4. The van der Waals surface area contributed by atoms with Crippen LogP contribution in [0.1, 0.15) is 29.6 Å². The normalized spacial score (nSPS) is 25.5. The van der Waals surface area contributed by atoms with Gasteiger partial charge in [-0.15, -0.1) is 0 Å². The largest absolute Gasteiger partial charge is 0.462 e. The van der Waals surface area contributed by atoms with E-state index in [4.69, 9.17) is 4.74 Å². The Morgan fingerprint density at radius 1 is 1.32 bits per heavy atom. The van der Waals surface area contributed by atoms with Crippen LogP contribution in [0.3, 0.4) is 0 Å². The molecule has 0 aromatic heterocycles. The van der Waals surface area contributed by atoms with Gasteiger partial charge < -0.3 is 9.64 Å². The minimum Gasteiger partial charge on any atom is -0.462 e. The maximum atomic E-state index is 11.8. The first-order chi connectivity index (χ1) is 9.25. The molecular formula is C15H17NO3. The van der Waals surface area contributed by atoms with Crippen molar-refractivity contribution in [1.82, 2.24) is 4.90 Å². The number of hydrogen-bond donors (Lipinski definition) is 0. The number of likely N-dealkylation sites (tertiary alicyclic amines) is 1. The molecule has 0 spiro atoms. The van der Waals surface area contributed by atoms with Crippen LogP contribution in [0.25, 0.3) is 0 Å². The topological polar surface area (TPSA) is 46.6 Å². The van der Waals surface area contributed by atoms with Gasteiger partial charge in [0, 0.05) is 24.9 Å². The molecule has 2 atom stereocenters. The Kier molecular flexibility index (Phi) is 3.23. The van der Waals surface area contributed by atoms with E-state index in [1.165, 1.54) is 0 Å². The molecule has 100 valence electrons. The Hall–Kier alpha value is -1.84. The van der Waals surface area contributed by atoms with Crippen LogP contribution < -0.4 is 0 Å². The van der Waals surface area contributed by atoms with E-state index in [1.54, 1.807) is 12.1 Å². The van der Waals surface area contributed by atoms with Gasteiger partial charge in [-0.05, 0) is 25.0 Å². The van der Waals surface area contributed by atoms with Gasteiger partial charge in [0.05, 0.1) is 12.2 Å². The van der Waals surface area contributed by atoms with E-state index in [0.717, 1.165) is 19.4 Å². The molecule has 0 unspecified atom stereocenters. The fraction of sp³-hybridized carbons (Fsp3) is 0.467.